The van der Waals surface area contributed by atoms with Crippen molar-refractivity contribution in [2.75, 3.05) is 0 Å². The van der Waals surface area contributed by atoms with E-state index in [1.807, 2.05) is 49.4 Å². The first kappa shape index (κ1) is 20.3. The van der Waals surface area contributed by atoms with Gasteiger partial charge in [0.05, 0.1) is 5.69 Å². The molecule has 3 rings (SSSR count). The van der Waals surface area contributed by atoms with Gasteiger partial charge in [-0.2, -0.15) is 5.10 Å². The smallest absolute Gasteiger partial charge is 0.326 e. The number of benzene rings is 2. The molecule has 0 aliphatic rings. The highest BCUT2D eigenvalue weighted by atomic mass is 16.4. The fourth-order valence-corrected chi connectivity index (χ4v) is 3.10. The van der Waals surface area contributed by atoms with Gasteiger partial charge in [0.1, 0.15) is 12.6 Å². The Morgan fingerprint density at radius 1 is 1.10 bits per heavy atom. The Morgan fingerprint density at radius 2 is 1.83 bits per heavy atom. The van der Waals surface area contributed by atoms with E-state index in [9.17, 15) is 19.5 Å². The van der Waals surface area contributed by atoms with E-state index in [1.165, 1.54) is 6.07 Å². The van der Waals surface area contributed by atoms with Crippen molar-refractivity contribution in [1.29, 1.82) is 0 Å². The fraction of sp³-hybridized carbons (Fsp3) is 0.273. The van der Waals surface area contributed by atoms with Crippen LogP contribution in [0, 0.1) is 5.92 Å². The molecule has 29 heavy (non-hydrogen) atoms. The second kappa shape index (κ2) is 8.68. The molecule has 0 unspecified atom stereocenters. The molecule has 0 aliphatic heterocycles. The maximum absolute atomic E-state index is 12.3. The third-order valence-corrected chi connectivity index (χ3v) is 5.00. The van der Waals surface area contributed by atoms with E-state index in [0.29, 0.717) is 12.1 Å². The van der Waals surface area contributed by atoms with Crippen molar-refractivity contribution >= 4 is 22.6 Å². The van der Waals surface area contributed by atoms with E-state index >= 15 is 0 Å². The first-order valence-corrected chi connectivity index (χ1v) is 9.48. The number of nitrogens with zero attached hydrogens (tertiary/aromatic N) is 2. The number of hydrogen-bond acceptors (Lipinski definition) is 4. The van der Waals surface area contributed by atoms with Gasteiger partial charge in [-0.3, -0.25) is 9.59 Å². The number of amides is 1. The lowest BCUT2D eigenvalue weighted by Crippen LogP contribution is -2.47. The number of carboxylic acids is 1. The number of carbonyl (C=O) groups is 2. The molecule has 0 spiro atoms. The van der Waals surface area contributed by atoms with E-state index in [0.717, 1.165) is 21.0 Å². The van der Waals surface area contributed by atoms with Crippen molar-refractivity contribution < 1.29 is 14.7 Å². The minimum absolute atomic E-state index is 0.231. The number of rotatable bonds is 7. The van der Waals surface area contributed by atoms with E-state index < -0.39 is 23.5 Å². The van der Waals surface area contributed by atoms with Gasteiger partial charge in [0.25, 0.3) is 5.56 Å². The predicted molar refractivity (Wildman–Crippen MR) is 110 cm³/mol. The maximum Gasteiger partial charge on any atom is 0.326 e. The van der Waals surface area contributed by atoms with Gasteiger partial charge in [-0.15, -0.1) is 0 Å². The molecule has 7 heteroatoms. The first-order chi connectivity index (χ1) is 13.9. The summed E-state index contributed by atoms with van der Waals surface area (Å²) in [6, 6.07) is 15.7. The number of aliphatic carboxylic acids is 1. The van der Waals surface area contributed by atoms with Gasteiger partial charge in [-0.1, -0.05) is 56.7 Å². The normalized spacial score (nSPS) is 13.0. The molecule has 1 aromatic heterocycles. The van der Waals surface area contributed by atoms with Crippen molar-refractivity contribution in [2.24, 2.45) is 5.92 Å². The monoisotopic (exact) mass is 393 g/mol. The summed E-state index contributed by atoms with van der Waals surface area (Å²) in [4.78, 5) is 35.9. The van der Waals surface area contributed by atoms with E-state index in [2.05, 4.69) is 10.4 Å². The van der Waals surface area contributed by atoms with E-state index in [-0.39, 0.29) is 12.5 Å². The highest BCUT2D eigenvalue weighted by Crippen LogP contribution is 2.22. The quantitative estimate of drug-likeness (QED) is 0.643. The summed E-state index contributed by atoms with van der Waals surface area (Å²) in [5.74, 6) is -1.90. The number of nitrogens with one attached hydrogen (secondary N) is 1. The van der Waals surface area contributed by atoms with Crippen LogP contribution in [0.1, 0.15) is 20.3 Å². The standard InChI is InChI=1S/C22H23N3O4/c1-3-14(2)21(22(28)29)23-19(26)13-25-20(27)11-10-18(24-25)17-9-8-15-6-4-5-7-16(15)12-17/h4-12,14,21H,3,13H2,1-2H3,(H,23,26)(H,28,29)/t14-,21-/m1/s1. The molecule has 7 nitrogen and oxygen atoms in total. The van der Waals surface area contributed by atoms with Crippen molar-refractivity contribution in [3.05, 3.63) is 65.0 Å². The molecule has 0 saturated carbocycles. The molecule has 3 aromatic rings. The summed E-state index contributed by atoms with van der Waals surface area (Å²) in [5, 5.41) is 18.2. The lowest BCUT2D eigenvalue weighted by Gasteiger charge is -2.20. The van der Waals surface area contributed by atoms with Crippen molar-refractivity contribution in [1.82, 2.24) is 15.1 Å². The Hall–Kier alpha value is -3.48. The topological polar surface area (TPSA) is 101 Å². The highest BCUT2D eigenvalue weighted by molar-refractivity contribution is 5.87. The molecule has 1 amide bonds. The lowest BCUT2D eigenvalue weighted by molar-refractivity contribution is -0.143. The van der Waals surface area contributed by atoms with Gasteiger partial charge < -0.3 is 10.4 Å². The minimum atomic E-state index is -1.10. The van der Waals surface area contributed by atoms with E-state index in [1.54, 1.807) is 13.0 Å². The van der Waals surface area contributed by atoms with Crippen LogP contribution in [0.25, 0.3) is 22.0 Å². The summed E-state index contributed by atoms with van der Waals surface area (Å²) in [6.45, 7) is 3.26. The third kappa shape index (κ3) is 4.68. The first-order valence-electron chi connectivity index (χ1n) is 9.48. The van der Waals surface area contributed by atoms with Gasteiger partial charge in [-0.25, -0.2) is 9.48 Å². The van der Waals surface area contributed by atoms with Crippen LogP contribution in [0.15, 0.2) is 59.4 Å². The Labute approximate surface area is 168 Å². The van der Waals surface area contributed by atoms with Crippen LogP contribution in [-0.4, -0.2) is 32.8 Å². The van der Waals surface area contributed by atoms with Crippen LogP contribution in [-0.2, 0) is 16.1 Å². The predicted octanol–water partition coefficient (Wildman–Crippen LogP) is 2.68. The molecule has 0 saturated heterocycles. The molecule has 2 atom stereocenters. The largest absolute Gasteiger partial charge is 0.480 e. The SMILES string of the molecule is CC[C@@H](C)[C@@H](NC(=O)Cn1nc(-c2ccc3ccccc3c2)ccc1=O)C(=O)O. The molecule has 150 valence electrons. The second-order valence-corrected chi connectivity index (χ2v) is 7.05. The highest BCUT2D eigenvalue weighted by Gasteiger charge is 2.25. The average molecular weight is 393 g/mol. The number of carboxylic acid groups (broad SMARTS) is 1. The fourth-order valence-electron chi connectivity index (χ4n) is 3.10. The van der Waals surface area contributed by atoms with Crippen molar-refractivity contribution in [3.8, 4) is 11.3 Å². The van der Waals surface area contributed by atoms with Crippen molar-refractivity contribution in [3.63, 3.8) is 0 Å². The second-order valence-electron chi connectivity index (χ2n) is 7.05. The van der Waals surface area contributed by atoms with Gasteiger partial charge in [0.2, 0.25) is 5.91 Å². The Morgan fingerprint density at radius 3 is 2.52 bits per heavy atom. The Kier molecular flexibility index (Phi) is 6.07. The zero-order valence-electron chi connectivity index (χ0n) is 16.3. The molecule has 1 heterocycles. The number of hydrogen-bond donors (Lipinski definition) is 2. The van der Waals surface area contributed by atoms with E-state index in [4.69, 9.17) is 0 Å². The third-order valence-electron chi connectivity index (χ3n) is 5.00. The molecular formula is C22H23N3O4. The molecule has 2 N–H and O–H groups in total. The zero-order valence-corrected chi connectivity index (χ0v) is 16.3. The lowest BCUT2D eigenvalue weighted by atomic mass is 9.99. The van der Waals surface area contributed by atoms with Crippen molar-refractivity contribution in [2.45, 2.75) is 32.9 Å². The number of aromatic nitrogens is 2. The Bertz CT molecular complexity index is 1110. The average Bonchev–Trinajstić information content (AvgIpc) is 2.72. The van der Waals surface area contributed by atoms with Gasteiger partial charge in [0.15, 0.2) is 0 Å². The molecule has 0 aliphatic carbocycles. The summed E-state index contributed by atoms with van der Waals surface area (Å²) in [7, 11) is 0. The molecular weight excluding hydrogens is 370 g/mol. The van der Waals surface area contributed by atoms with Crippen LogP contribution in [0.5, 0.6) is 0 Å². The van der Waals surface area contributed by atoms with Gasteiger partial charge >= 0.3 is 5.97 Å². The van der Waals surface area contributed by atoms with Crippen LogP contribution in [0.2, 0.25) is 0 Å². The maximum atomic E-state index is 12.3. The number of fused-ring (bicyclic) bond motifs is 1. The van der Waals surface area contributed by atoms with Crippen LogP contribution < -0.4 is 10.9 Å². The molecule has 0 fully saturated rings. The molecule has 0 bridgehead atoms. The minimum Gasteiger partial charge on any atom is -0.480 e. The summed E-state index contributed by atoms with van der Waals surface area (Å²) in [6.07, 6.45) is 0.604. The summed E-state index contributed by atoms with van der Waals surface area (Å²) in [5.41, 5.74) is 0.945. The number of carbonyl (C=O) groups excluding carboxylic acids is 1. The zero-order chi connectivity index (χ0) is 21.0. The summed E-state index contributed by atoms with van der Waals surface area (Å²) < 4.78 is 1.05. The summed E-state index contributed by atoms with van der Waals surface area (Å²) >= 11 is 0. The van der Waals surface area contributed by atoms with Crippen LogP contribution >= 0.6 is 0 Å². The van der Waals surface area contributed by atoms with Gasteiger partial charge in [0, 0.05) is 11.6 Å². The van der Waals surface area contributed by atoms with Crippen LogP contribution in [0.3, 0.4) is 0 Å². The molecule has 2 aromatic carbocycles. The molecule has 0 radical (unpaired) electrons. The Balaban J connectivity index is 1.84. The van der Waals surface area contributed by atoms with Gasteiger partial charge in [-0.05, 0) is 28.8 Å². The van der Waals surface area contributed by atoms with Crippen LogP contribution in [0.4, 0.5) is 0 Å².